The fourth-order valence-corrected chi connectivity index (χ4v) is 3.98. The van der Waals surface area contributed by atoms with E-state index in [9.17, 15) is 0 Å². The molecule has 0 fully saturated rings. The average molecular weight is 249 g/mol. The molecule has 16 heavy (non-hydrogen) atoms. The van der Waals surface area contributed by atoms with Gasteiger partial charge in [0.15, 0.2) is 0 Å². The lowest BCUT2D eigenvalue weighted by molar-refractivity contribution is 0.112. The minimum absolute atomic E-state index is 0.321. The Kier molecular flexibility index (Phi) is 9.16. The van der Waals surface area contributed by atoms with E-state index < -0.39 is 8.80 Å². The maximum Gasteiger partial charge on any atom is 0.503 e. The molecule has 0 aliphatic heterocycles. The zero-order valence-corrected chi connectivity index (χ0v) is 12.3. The summed E-state index contributed by atoms with van der Waals surface area (Å²) in [6, 6.07) is 0. The van der Waals surface area contributed by atoms with Crippen LogP contribution in [-0.2, 0) is 13.3 Å². The summed E-state index contributed by atoms with van der Waals surface area (Å²) in [7, 11) is 2.57. The molecule has 0 spiro atoms. The van der Waals surface area contributed by atoms with Gasteiger partial charge in [-0.25, -0.2) is 0 Å². The fourth-order valence-electron chi connectivity index (χ4n) is 1.78. The summed E-state index contributed by atoms with van der Waals surface area (Å²) in [5.74, 6) is 0. The van der Waals surface area contributed by atoms with Gasteiger partial charge in [-0.2, -0.15) is 0 Å². The van der Waals surface area contributed by atoms with Crippen LogP contribution in [0.5, 0.6) is 0 Å². The Balaban J connectivity index is 3.88. The van der Waals surface area contributed by atoms with Crippen molar-refractivity contribution in [1.29, 1.82) is 0 Å². The van der Waals surface area contributed by atoms with E-state index in [2.05, 4.69) is 19.2 Å². The highest BCUT2D eigenvalue weighted by Crippen LogP contribution is 2.26. The van der Waals surface area contributed by atoms with Crippen molar-refractivity contribution in [1.82, 2.24) is 5.32 Å². The predicted molar refractivity (Wildman–Crippen MR) is 68.6 cm³/mol. The lowest BCUT2D eigenvalue weighted by Gasteiger charge is -2.30. The lowest BCUT2D eigenvalue weighted by atomic mass is 10.3. The normalized spacial score (nSPS) is 14.1. The van der Waals surface area contributed by atoms with Gasteiger partial charge >= 0.3 is 8.80 Å². The zero-order valence-electron chi connectivity index (χ0n) is 11.3. The van der Waals surface area contributed by atoms with Crippen LogP contribution in [0.4, 0.5) is 0 Å². The van der Waals surface area contributed by atoms with E-state index in [1.807, 2.05) is 0 Å². The fraction of sp³-hybridized carbons (Fsp3) is 1.00. The largest absolute Gasteiger partial charge is 0.503 e. The number of unbranched alkanes of at least 4 members (excludes halogenated alkanes) is 1. The second-order valence-corrected chi connectivity index (χ2v) is 7.43. The molecule has 0 aromatic carbocycles. The first kappa shape index (κ1) is 16.1. The van der Waals surface area contributed by atoms with Gasteiger partial charge in [0.2, 0.25) is 0 Å². The van der Waals surface area contributed by atoms with E-state index in [0.717, 1.165) is 19.5 Å². The highest BCUT2D eigenvalue weighted by atomic mass is 28.4. The Labute approximate surface area is 101 Å². The first-order valence-corrected chi connectivity index (χ1v) is 7.83. The molecule has 0 saturated heterocycles. The van der Waals surface area contributed by atoms with E-state index in [1.165, 1.54) is 12.8 Å². The molecular weight excluding hydrogens is 222 g/mol. The van der Waals surface area contributed by atoms with Crippen molar-refractivity contribution in [3.05, 3.63) is 0 Å². The van der Waals surface area contributed by atoms with Crippen LogP contribution in [0.2, 0.25) is 5.54 Å². The zero-order chi connectivity index (χ0) is 12.4. The first-order chi connectivity index (χ1) is 7.66. The third-order valence-electron chi connectivity index (χ3n) is 2.92. The van der Waals surface area contributed by atoms with Crippen LogP contribution in [0.25, 0.3) is 0 Å². The minimum Gasteiger partial charge on any atom is -0.377 e. The van der Waals surface area contributed by atoms with Gasteiger partial charge in [-0.1, -0.05) is 20.3 Å². The summed E-state index contributed by atoms with van der Waals surface area (Å²) in [5, 5.41) is 3.42. The van der Waals surface area contributed by atoms with Gasteiger partial charge in [-0.05, 0) is 25.9 Å². The Morgan fingerprint density at radius 3 is 2.06 bits per heavy atom. The van der Waals surface area contributed by atoms with Crippen molar-refractivity contribution in [3.63, 3.8) is 0 Å². The maximum absolute atomic E-state index is 5.44. The molecular formula is C11H27NO3Si. The van der Waals surface area contributed by atoms with Crippen molar-refractivity contribution in [3.8, 4) is 0 Å². The molecule has 0 aromatic rings. The molecule has 4 nitrogen and oxygen atoms in total. The quantitative estimate of drug-likeness (QED) is 0.475. The molecule has 1 unspecified atom stereocenters. The van der Waals surface area contributed by atoms with Gasteiger partial charge in [0.25, 0.3) is 0 Å². The molecule has 0 heterocycles. The molecule has 1 N–H and O–H groups in total. The Morgan fingerprint density at radius 2 is 1.62 bits per heavy atom. The molecule has 0 saturated carbocycles. The molecule has 0 rings (SSSR count). The van der Waals surface area contributed by atoms with Crippen molar-refractivity contribution in [2.24, 2.45) is 0 Å². The molecule has 0 amide bonds. The van der Waals surface area contributed by atoms with Crippen LogP contribution in [0.15, 0.2) is 0 Å². The summed E-state index contributed by atoms with van der Waals surface area (Å²) >= 11 is 0. The average Bonchev–Trinajstić information content (AvgIpc) is 2.32. The highest BCUT2D eigenvalue weighted by Gasteiger charge is 2.43. The molecule has 0 radical (unpaired) electrons. The summed E-state index contributed by atoms with van der Waals surface area (Å²) in [6.07, 6.45) is 3.48. The topological polar surface area (TPSA) is 39.7 Å². The summed E-state index contributed by atoms with van der Waals surface area (Å²) in [4.78, 5) is 0. The summed E-state index contributed by atoms with van der Waals surface area (Å²) < 4.78 is 16.3. The van der Waals surface area contributed by atoms with Crippen molar-refractivity contribution in [2.75, 3.05) is 34.4 Å². The number of rotatable bonds is 10. The minimum atomic E-state index is -2.43. The second kappa shape index (κ2) is 9.12. The number of hydrogen-bond acceptors (Lipinski definition) is 4. The van der Waals surface area contributed by atoms with E-state index in [4.69, 9.17) is 13.3 Å². The SMILES string of the molecule is CCCCNCCC(C)[Si](OC)(OC)OC. The molecule has 5 heteroatoms. The van der Waals surface area contributed by atoms with Gasteiger partial charge in [0.05, 0.1) is 0 Å². The Hall–Kier alpha value is 0.0569. The number of nitrogens with one attached hydrogen (secondary N) is 1. The Bertz CT molecular complexity index is 157. The molecule has 0 aromatic heterocycles. The molecule has 1 atom stereocenters. The van der Waals surface area contributed by atoms with Crippen LogP contribution in [-0.4, -0.2) is 43.2 Å². The third-order valence-corrected chi connectivity index (χ3v) is 6.12. The van der Waals surface area contributed by atoms with Crippen LogP contribution in [0.3, 0.4) is 0 Å². The van der Waals surface area contributed by atoms with E-state index in [-0.39, 0.29) is 0 Å². The van der Waals surface area contributed by atoms with Gasteiger partial charge < -0.3 is 18.6 Å². The Morgan fingerprint density at radius 1 is 1.06 bits per heavy atom. The molecule has 0 aliphatic carbocycles. The second-order valence-electron chi connectivity index (χ2n) is 4.01. The predicted octanol–water partition coefficient (Wildman–Crippen LogP) is 2.03. The van der Waals surface area contributed by atoms with E-state index in [0.29, 0.717) is 5.54 Å². The van der Waals surface area contributed by atoms with Gasteiger partial charge in [-0.3, -0.25) is 0 Å². The summed E-state index contributed by atoms with van der Waals surface area (Å²) in [5.41, 5.74) is 0.321. The summed E-state index contributed by atoms with van der Waals surface area (Å²) in [6.45, 7) is 6.41. The van der Waals surface area contributed by atoms with E-state index >= 15 is 0 Å². The molecule has 98 valence electrons. The third kappa shape index (κ3) is 4.93. The van der Waals surface area contributed by atoms with Crippen molar-refractivity contribution < 1.29 is 13.3 Å². The van der Waals surface area contributed by atoms with Crippen LogP contribution < -0.4 is 5.32 Å². The van der Waals surface area contributed by atoms with Gasteiger partial charge in [0.1, 0.15) is 0 Å². The lowest BCUT2D eigenvalue weighted by Crippen LogP contribution is -2.47. The molecule has 0 bridgehead atoms. The van der Waals surface area contributed by atoms with Crippen molar-refractivity contribution >= 4 is 8.80 Å². The maximum atomic E-state index is 5.44. The van der Waals surface area contributed by atoms with Crippen LogP contribution in [0, 0.1) is 0 Å². The van der Waals surface area contributed by atoms with Crippen LogP contribution in [0.1, 0.15) is 33.1 Å². The van der Waals surface area contributed by atoms with Crippen LogP contribution >= 0.6 is 0 Å². The smallest absolute Gasteiger partial charge is 0.377 e. The standard InChI is InChI=1S/C11H27NO3Si/c1-6-7-9-12-10-8-11(2)16(13-3,14-4)15-5/h11-12H,6-10H2,1-5H3. The van der Waals surface area contributed by atoms with Gasteiger partial charge in [-0.15, -0.1) is 0 Å². The van der Waals surface area contributed by atoms with Gasteiger partial charge in [0, 0.05) is 26.9 Å². The van der Waals surface area contributed by atoms with E-state index in [1.54, 1.807) is 21.3 Å². The number of hydrogen-bond donors (Lipinski definition) is 1. The molecule has 0 aliphatic rings. The van der Waals surface area contributed by atoms with Crippen molar-refractivity contribution in [2.45, 2.75) is 38.7 Å². The highest BCUT2D eigenvalue weighted by molar-refractivity contribution is 6.62. The first-order valence-electron chi connectivity index (χ1n) is 6.03. The monoisotopic (exact) mass is 249 g/mol.